The Hall–Kier alpha value is -1.04. The Bertz CT molecular complexity index is 323. The van der Waals surface area contributed by atoms with E-state index in [9.17, 15) is 10.4 Å². The molecule has 0 heterocycles. The highest BCUT2D eigenvalue weighted by molar-refractivity contribution is 9.09. The zero-order valence-corrected chi connectivity index (χ0v) is 15.2. The molecule has 124 valence electrons. The summed E-state index contributed by atoms with van der Waals surface area (Å²) in [6.45, 7) is 5.14. The number of hydrogen-bond acceptors (Lipinski definition) is 6. The molecule has 0 N–H and O–H groups in total. The smallest absolute Gasteiger partial charge is 0.292 e. The molecular formula is C9H20Br2N6O4. The van der Waals surface area contributed by atoms with E-state index in [-0.39, 0.29) is 0 Å². The van der Waals surface area contributed by atoms with Crippen molar-refractivity contribution in [2.24, 2.45) is 10.6 Å². The van der Waals surface area contributed by atoms with Crippen LogP contribution in [-0.4, -0.2) is 63.6 Å². The third-order valence-corrected chi connectivity index (χ3v) is 2.97. The Morgan fingerprint density at radius 1 is 0.905 bits per heavy atom. The Morgan fingerprint density at radius 3 is 1.71 bits per heavy atom. The maximum absolute atomic E-state index is 11.6. The fourth-order valence-electron chi connectivity index (χ4n) is 1.22. The molecular weight excluding hydrogens is 416 g/mol. The number of alkyl halides is 2. The van der Waals surface area contributed by atoms with E-state index in [4.69, 9.17) is 0 Å². The van der Waals surface area contributed by atoms with Crippen LogP contribution in [0.3, 0.4) is 0 Å². The lowest BCUT2D eigenvalue weighted by Crippen LogP contribution is -2.34. The van der Waals surface area contributed by atoms with Crippen molar-refractivity contribution >= 4 is 31.9 Å². The van der Waals surface area contributed by atoms with Gasteiger partial charge in [-0.05, 0) is 13.8 Å². The van der Waals surface area contributed by atoms with Crippen molar-refractivity contribution in [2.45, 2.75) is 13.8 Å². The average molecular weight is 436 g/mol. The lowest BCUT2D eigenvalue weighted by molar-refractivity contribution is -0.717. The van der Waals surface area contributed by atoms with E-state index in [1.54, 1.807) is 0 Å². The molecule has 0 unspecified atom stereocenters. The highest BCUT2D eigenvalue weighted by atomic mass is 79.9. The topological polar surface area (TPSA) is 102 Å². The summed E-state index contributed by atoms with van der Waals surface area (Å²) in [6.07, 6.45) is 0. The second kappa shape index (κ2) is 12.7. The van der Waals surface area contributed by atoms with Gasteiger partial charge in [-0.15, -0.1) is 10.0 Å². The van der Waals surface area contributed by atoms with E-state index < -0.39 is 6.79 Å². The molecule has 0 saturated carbocycles. The van der Waals surface area contributed by atoms with Crippen LogP contribution in [0.2, 0.25) is 0 Å². The first kappa shape index (κ1) is 20.0. The van der Waals surface area contributed by atoms with Gasteiger partial charge in [0, 0.05) is 10.7 Å². The molecule has 21 heavy (non-hydrogen) atoms. The Labute approximate surface area is 140 Å². The second-order valence-electron chi connectivity index (χ2n) is 3.52. The van der Waals surface area contributed by atoms with Crippen molar-refractivity contribution in [1.82, 2.24) is 10.0 Å². The minimum Gasteiger partial charge on any atom is -0.569 e. The molecule has 10 nitrogen and oxygen atoms in total. The standard InChI is InChI=1S/C9H20Br2N6O4/c1-3-14(4-2)16(18)12-20-9-21-13-17(19)15(7-5-10)8-6-11/h3-9H2,1-2H3. The van der Waals surface area contributed by atoms with Crippen LogP contribution in [0.15, 0.2) is 10.6 Å². The molecule has 0 amide bonds. The van der Waals surface area contributed by atoms with Gasteiger partial charge in [-0.3, -0.25) is 9.68 Å². The first-order valence-corrected chi connectivity index (χ1v) is 8.56. The van der Waals surface area contributed by atoms with Gasteiger partial charge < -0.3 is 10.4 Å². The van der Waals surface area contributed by atoms with Crippen LogP contribution in [0.1, 0.15) is 13.8 Å². The first-order valence-electron chi connectivity index (χ1n) is 6.32. The predicted octanol–water partition coefficient (Wildman–Crippen LogP) is 2.00. The molecule has 0 aromatic rings. The SMILES string of the molecule is CCN(CC)[N+]([O-])=NOCON=[N+]([O-])N(CCBr)CCBr. The van der Waals surface area contributed by atoms with Gasteiger partial charge in [-0.2, -0.15) is 0 Å². The summed E-state index contributed by atoms with van der Waals surface area (Å²) in [5, 5.41) is 33.5. The molecule has 0 spiro atoms. The molecule has 0 aromatic carbocycles. The molecule has 0 rings (SSSR count). The van der Waals surface area contributed by atoms with E-state index in [2.05, 4.69) is 52.1 Å². The van der Waals surface area contributed by atoms with Crippen molar-refractivity contribution in [3.8, 4) is 0 Å². The van der Waals surface area contributed by atoms with Crippen LogP contribution in [-0.2, 0) is 9.68 Å². The number of hydrazine groups is 2. The van der Waals surface area contributed by atoms with Gasteiger partial charge >= 0.3 is 0 Å². The molecule has 0 aromatic heterocycles. The Kier molecular flexibility index (Phi) is 12.1. The van der Waals surface area contributed by atoms with E-state index in [0.717, 1.165) is 0 Å². The number of hydrogen-bond donors (Lipinski definition) is 0. The van der Waals surface area contributed by atoms with Gasteiger partial charge in [0.15, 0.2) is 0 Å². The lowest BCUT2D eigenvalue weighted by atomic mass is 10.6. The number of halogens is 2. The van der Waals surface area contributed by atoms with Crippen LogP contribution in [0.25, 0.3) is 0 Å². The quantitative estimate of drug-likeness (QED) is 0.116. The Balaban J connectivity index is 4.16. The molecule has 0 fully saturated rings. The third-order valence-electron chi connectivity index (χ3n) is 2.26. The molecule has 0 aliphatic carbocycles. The summed E-state index contributed by atoms with van der Waals surface area (Å²) < 4.78 is 0. The summed E-state index contributed by atoms with van der Waals surface area (Å²) in [7, 11) is 0. The summed E-state index contributed by atoms with van der Waals surface area (Å²) >= 11 is 6.47. The van der Waals surface area contributed by atoms with Gasteiger partial charge in [0.1, 0.15) is 0 Å². The van der Waals surface area contributed by atoms with E-state index in [1.807, 2.05) is 13.8 Å². The highest BCUT2D eigenvalue weighted by Crippen LogP contribution is 1.97. The molecule has 0 radical (unpaired) electrons. The minimum absolute atomic E-state index is 0.320. The van der Waals surface area contributed by atoms with E-state index in [1.165, 1.54) is 10.0 Å². The predicted molar refractivity (Wildman–Crippen MR) is 81.2 cm³/mol. The van der Waals surface area contributed by atoms with Gasteiger partial charge in [-0.1, -0.05) is 31.9 Å². The van der Waals surface area contributed by atoms with Gasteiger partial charge in [0.05, 0.1) is 36.1 Å². The lowest BCUT2D eigenvalue weighted by Gasteiger charge is -2.15. The van der Waals surface area contributed by atoms with Crippen molar-refractivity contribution < 1.29 is 19.6 Å². The molecule has 0 bridgehead atoms. The van der Waals surface area contributed by atoms with E-state index in [0.29, 0.717) is 46.8 Å². The minimum atomic E-state index is -0.435. The van der Waals surface area contributed by atoms with Crippen molar-refractivity contribution in [3.63, 3.8) is 0 Å². The van der Waals surface area contributed by atoms with Crippen molar-refractivity contribution in [1.29, 1.82) is 0 Å². The van der Waals surface area contributed by atoms with Gasteiger partial charge in [0.2, 0.25) is 10.6 Å². The zero-order chi connectivity index (χ0) is 16.1. The van der Waals surface area contributed by atoms with Crippen LogP contribution in [0.5, 0.6) is 0 Å². The van der Waals surface area contributed by atoms with Gasteiger partial charge in [-0.25, -0.2) is 0 Å². The summed E-state index contributed by atoms with van der Waals surface area (Å²) in [6, 6.07) is 0. The van der Waals surface area contributed by atoms with Crippen LogP contribution in [0.4, 0.5) is 0 Å². The molecule has 0 saturated heterocycles. The van der Waals surface area contributed by atoms with Crippen LogP contribution >= 0.6 is 31.9 Å². The number of rotatable bonds is 12. The van der Waals surface area contributed by atoms with Gasteiger partial charge in [0.25, 0.3) is 6.79 Å². The van der Waals surface area contributed by atoms with Crippen molar-refractivity contribution in [2.75, 3.05) is 43.6 Å². The Morgan fingerprint density at radius 2 is 1.33 bits per heavy atom. The fraction of sp³-hybridized carbons (Fsp3) is 1.00. The maximum atomic E-state index is 11.6. The highest BCUT2D eigenvalue weighted by Gasteiger charge is 2.11. The van der Waals surface area contributed by atoms with Crippen LogP contribution in [0, 0.1) is 10.4 Å². The number of nitrogens with zero attached hydrogens (tertiary/aromatic N) is 6. The summed E-state index contributed by atoms with van der Waals surface area (Å²) in [5.41, 5.74) is 0. The van der Waals surface area contributed by atoms with Crippen LogP contribution < -0.4 is 0 Å². The first-order chi connectivity index (χ1) is 10.1. The maximum Gasteiger partial charge on any atom is 0.292 e. The fourth-order valence-corrected chi connectivity index (χ4v) is 2.04. The summed E-state index contributed by atoms with van der Waals surface area (Å²) in [4.78, 5) is 9.89. The normalized spacial score (nSPS) is 12.2. The second-order valence-corrected chi connectivity index (χ2v) is 5.10. The average Bonchev–Trinajstić information content (AvgIpc) is 2.47. The van der Waals surface area contributed by atoms with Crippen molar-refractivity contribution in [3.05, 3.63) is 10.4 Å². The third kappa shape index (κ3) is 8.75. The molecule has 0 aliphatic heterocycles. The molecule has 0 aliphatic rings. The van der Waals surface area contributed by atoms with E-state index >= 15 is 0 Å². The molecule has 0 atom stereocenters. The largest absolute Gasteiger partial charge is 0.569 e. The molecule has 12 heteroatoms. The zero-order valence-electron chi connectivity index (χ0n) is 12.0. The monoisotopic (exact) mass is 434 g/mol. The summed E-state index contributed by atoms with van der Waals surface area (Å²) in [5.74, 6) is 0.